The quantitative estimate of drug-likeness (QED) is 0.843. The van der Waals surface area contributed by atoms with E-state index in [9.17, 15) is 14.0 Å². The second-order valence-electron chi connectivity index (χ2n) is 4.41. The zero-order valence-electron chi connectivity index (χ0n) is 11.5. The number of hydrogen-bond acceptors (Lipinski definition) is 4. The minimum Gasteiger partial charge on any atom is -0.449 e. The van der Waals surface area contributed by atoms with Gasteiger partial charge in [-0.15, -0.1) is 0 Å². The number of halogens is 2. The molecule has 0 aliphatic heterocycles. The van der Waals surface area contributed by atoms with Gasteiger partial charge in [-0.3, -0.25) is 9.78 Å². The van der Waals surface area contributed by atoms with Crippen molar-refractivity contribution in [2.24, 2.45) is 0 Å². The molecule has 1 heterocycles. The Morgan fingerprint density at radius 1 is 1.32 bits per heavy atom. The van der Waals surface area contributed by atoms with Gasteiger partial charge in [-0.25, -0.2) is 9.18 Å². The molecule has 1 N–H and O–H groups in total. The van der Waals surface area contributed by atoms with Crippen molar-refractivity contribution in [2.75, 3.05) is 5.32 Å². The lowest BCUT2D eigenvalue weighted by molar-refractivity contribution is -0.123. The number of esters is 1. The van der Waals surface area contributed by atoms with E-state index in [1.165, 1.54) is 43.6 Å². The number of para-hydroxylation sites is 1. The Morgan fingerprint density at radius 2 is 2.05 bits per heavy atom. The average Bonchev–Trinajstić information content (AvgIpc) is 2.49. The van der Waals surface area contributed by atoms with Gasteiger partial charge in [0.25, 0.3) is 5.91 Å². The highest BCUT2D eigenvalue weighted by Gasteiger charge is 2.20. The van der Waals surface area contributed by atoms with E-state index in [2.05, 4.69) is 26.2 Å². The molecule has 22 heavy (non-hydrogen) atoms. The van der Waals surface area contributed by atoms with E-state index in [1.54, 1.807) is 6.07 Å². The van der Waals surface area contributed by atoms with Gasteiger partial charge in [0.2, 0.25) is 0 Å². The maximum absolute atomic E-state index is 13.4. The lowest BCUT2D eigenvalue weighted by Gasteiger charge is -2.13. The van der Waals surface area contributed by atoms with Gasteiger partial charge < -0.3 is 10.1 Å². The third-order valence-corrected chi connectivity index (χ3v) is 3.16. The number of pyridine rings is 1. The van der Waals surface area contributed by atoms with Crippen LogP contribution in [0.2, 0.25) is 0 Å². The molecular formula is C15H12BrFN2O3. The van der Waals surface area contributed by atoms with Gasteiger partial charge in [-0.2, -0.15) is 0 Å². The van der Waals surface area contributed by atoms with Crippen LogP contribution in [0, 0.1) is 5.82 Å². The number of hydrogen-bond donors (Lipinski definition) is 1. The van der Waals surface area contributed by atoms with E-state index in [-0.39, 0.29) is 11.3 Å². The fraction of sp³-hybridized carbons (Fsp3) is 0.133. The summed E-state index contributed by atoms with van der Waals surface area (Å²) in [6.07, 6.45) is 1.77. The highest BCUT2D eigenvalue weighted by molar-refractivity contribution is 9.10. The topological polar surface area (TPSA) is 68.3 Å². The Morgan fingerprint density at radius 3 is 2.73 bits per heavy atom. The fourth-order valence-corrected chi connectivity index (χ4v) is 1.97. The number of aromatic nitrogens is 1. The largest absolute Gasteiger partial charge is 0.449 e. The van der Waals surface area contributed by atoms with E-state index in [0.717, 1.165) is 0 Å². The molecular weight excluding hydrogens is 355 g/mol. The zero-order valence-corrected chi connectivity index (χ0v) is 13.1. The summed E-state index contributed by atoms with van der Waals surface area (Å²) in [4.78, 5) is 27.7. The Balaban J connectivity index is 1.99. The summed E-state index contributed by atoms with van der Waals surface area (Å²) in [6, 6.07) is 7.26. The van der Waals surface area contributed by atoms with Crippen LogP contribution in [-0.4, -0.2) is 23.0 Å². The van der Waals surface area contributed by atoms with Gasteiger partial charge in [0, 0.05) is 16.9 Å². The van der Waals surface area contributed by atoms with Crippen molar-refractivity contribution in [1.29, 1.82) is 0 Å². The number of amides is 1. The van der Waals surface area contributed by atoms with Crippen molar-refractivity contribution in [3.05, 3.63) is 58.6 Å². The van der Waals surface area contributed by atoms with Crippen LogP contribution in [0.15, 0.2) is 47.2 Å². The molecule has 0 aliphatic rings. The van der Waals surface area contributed by atoms with E-state index < -0.39 is 23.8 Å². The monoisotopic (exact) mass is 366 g/mol. The Hall–Kier alpha value is -2.28. The molecule has 0 radical (unpaired) electrons. The molecule has 7 heteroatoms. The van der Waals surface area contributed by atoms with Crippen molar-refractivity contribution in [3.63, 3.8) is 0 Å². The SMILES string of the molecule is CC(OC(=O)c1cncc(Br)c1)C(=O)Nc1ccccc1F. The zero-order chi connectivity index (χ0) is 16.1. The van der Waals surface area contributed by atoms with E-state index in [0.29, 0.717) is 4.47 Å². The summed E-state index contributed by atoms with van der Waals surface area (Å²) in [7, 11) is 0. The first-order chi connectivity index (χ1) is 10.5. The van der Waals surface area contributed by atoms with Gasteiger partial charge in [0.05, 0.1) is 11.3 Å². The van der Waals surface area contributed by atoms with Crippen molar-refractivity contribution in [3.8, 4) is 0 Å². The predicted octanol–water partition coefficient (Wildman–Crippen LogP) is 3.17. The first kappa shape index (κ1) is 16.1. The number of nitrogens with one attached hydrogen (secondary N) is 1. The second-order valence-corrected chi connectivity index (χ2v) is 5.32. The lowest BCUT2D eigenvalue weighted by atomic mass is 10.2. The fourth-order valence-electron chi connectivity index (χ4n) is 1.60. The van der Waals surface area contributed by atoms with Crippen molar-refractivity contribution in [2.45, 2.75) is 13.0 Å². The molecule has 114 valence electrons. The van der Waals surface area contributed by atoms with Crippen molar-refractivity contribution >= 4 is 33.5 Å². The van der Waals surface area contributed by atoms with Crippen LogP contribution in [0.3, 0.4) is 0 Å². The predicted molar refractivity (Wildman–Crippen MR) is 81.8 cm³/mol. The number of rotatable bonds is 4. The smallest absolute Gasteiger partial charge is 0.340 e. The van der Waals surface area contributed by atoms with E-state index in [4.69, 9.17) is 4.74 Å². The Labute approximate surface area is 134 Å². The molecule has 0 bridgehead atoms. The van der Waals surface area contributed by atoms with Crippen LogP contribution >= 0.6 is 15.9 Å². The van der Waals surface area contributed by atoms with Crippen LogP contribution in [0.4, 0.5) is 10.1 Å². The molecule has 1 aromatic carbocycles. The number of ether oxygens (including phenoxy) is 1. The molecule has 1 aromatic heterocycles. The Kier molecular flexibility index (Phi) is 5.21. The molecule has 0 saturated heterocycles. The molecule has 2 aromatic rings. The van der Waals surface area contributed by atoms with Crippen LogP contribution in [0.1, 0.15) is 17.3 Å². The standard InChI is InChI=1S/C15H12BrFN2O3/c1-9(14(20)19-13-5-3-2-4-12(13)17)22-15(21)10-6-11(16)8-18-7-10/h2-9H,1H3,(H,19,20). The number of carbonyl (C=O) groups excluding carboxylic acids is 2. The molecule has 0 fully saturated rings. The molecule has 0 saturated carbocycles. The van der Waals surface area contributed by atoms with Gasteiger partial charge in [0.15, 0.2) is 6.10 Å². The van der Waals surface area contributed by atoms with Crippen molar-refractivity contribution in [1.82, 2.24) is 4.98 Å². The molecule has 1 atom stereocenters. The second kappa shape index (κ2) is 7.13. The summed E-state index contributed by atoms with van der Waals surface area (Å²) < 4.78 is 19.1. The van der Waals surface area contributed by atoms with Gasteiger partial charge in [-0.1, -0.05) is 12.1 Å². The minimum atomic E-state index is -1.08. The number of anilines is 1. The molecule has 0 aliphatic carbocycles. The lowest BCUT2D eigenvalue weighted by Crippen LogP contribution is -2.30. The summed E-state index contributed by atoms with van der Waals surface area (Å²) in [5.41, 5.74) is 0.236. The maximum atomic E-state index is 13.4. The van der Waals surface area contributed by atoms with Gasteiger partial charge in [-0.05, 0) is 41.1 Å². The van der Waals surface area contributed by atoms with E-state index in [1.807, 2.05) is 0 Å². The molecule has 5 nitrogen and oxygen atoms in total. The number of benzene rings is 1. The summed E-state index contributed by atoms with van der Waals surface area (Å²) in [6.45, 7) is 1.40. The average molecular weight is 367 g/mol. The van der Waals surface area contributed by atoms with Crippen molar-refractivity contribution < 1.29 is 18.7 Å². The summed E-state index contributed by atoms with van der Waals surface area (Å²) in [5, 5.41) is 2.36. The third kappa shape index (κ3) is 4.11. The highest BCUT2D eigenvalue weighted by Crippen LogP contribution is 2.14. The molecule has 2 rings (SSSR count). The van der Waals surface area contributed by atoms with E-state index >= 15 is 0 Å². The van der Waals surface area contributed by atoms with Gasteiger partial charge in [0.1, 0.15) is 5.82 Å². The highest BCUT2D eigenvalue weighted by atomic mass is 79.9. The van der Waals surface area contributed by atoms with Crippen LogP contribution in [0.5, 0.6) is 0 Å². The molecule has 0 spiro atoms. The number of carbonyl (C=O) groups is 2. The summed E-state index contributed by atoms with van der Waals surface area (Å²) in [5.74, 6) is -1.88. The normalized spacial score (nSPS) is 11.6. The third-order valence-electron chi connectivity index (χ3n) is 2.73. The maximum Gasteiger partial charge on any atom is 0.340 e. The van der Waals surface area contributed by atoms with Crippen LogP contribution in [0.25, 0.3) is 0 Å². The minimum absolute atomic E-state index is 0.0273. The molecule has 1 unspecified atom stereocenters. The number of nitrogens with zero attached hydrogens (tertiary/aromatic N) is 1. The van der Waals surface area contributed by atoms with Crippen LogP contribution in [-0.2, 0) is 9.53 Å². The molecule has 1 amide bonds. The summed E-state index contributed by atoms with van der Waals surface area (Å²) >= 11 is 3.19. The first-order valence-corrected chi connectivity index (χ1v) is 7.13. The van der Waals surface area contributed by atoms with Gasteiger partial charge >= 0.3 is 5.97 Å². The first-order valence-electron chi connectivity index (χ1n) is 6.34. The Bertz CT molecular complexity index is 709. The van der Waals surface area contributed by atoms with Crippen LogP contribution < -0.4 is 5.32 Å².